The Bertz CT molecular complexity index is 973. The average Bonchev–Trinajstić information content (AvgIpc) is 3.07. The summed E-state index contributed by atoms with van der Waals surface area (Å²) in [6.07, 6.45) is 2.13. The summed E-state index contributed by atoms with van der Waals surface area (Å²) in [5, 5.41) is 6.03. The van der Waals surface area contributed by atoms with Crippen molar-refractivity contribution < 1.29 is 9.53 Å². The maximum Gasteiger partial charge on any atom is 0.265 e. The van der Waals surface area contributed by atoms with Gasteiger partial charge < -0.3 is 10.1 Å². The Kier molecular flexibility index (Phi) is 4.56. The molecule has 0 heterocycles. The lowest BCUT2D eigenvalue weighted by Crippen LogP contribution is -2.32. The molecule has 1 aliphatic rings. The molecule has 26 heavy (non-hydrogen) atoms. The lowest BCUT2D eigenvalue weighted by Gasteiger charge is -2.18. The van der Waals surface area contributed by atoms with Gasteiger partial charge in [0.25, 0.3) is 5.91 Å². The second-order valence-electron chi connectivity index (χ2n) is 6.57. The normalized spacial score (nSPS) is 13.6. The third-order valence-electron chi connectivity index (χ3n) is 4.87. The van der Waals surface area contributed by atoms with Gasteiger partial charge in [0.15, 0.2) is 6.10 Å². The molecule has 1 atom stereocenters. The molecule has 4 heteroatoms. The third kappa shape index (κ3) is 3.15. The molecule has 0 radical (unpaired) electrons. The van der Waals surface area contributed by atoms with Gasteiger partial charge in [-0.1, -0.05) is 48.9 Å². The number of hydrogen-bond acceptors (Lipinski definition) is 2. The molecule has 0 fully saturated rings. The molecule has 0 aromatic heterocycles. The van der Waals surface area contributed by atoms with Crippen LogP contribution in [0.4, 0.5) is 5.69 Å². The summed E-state index contributed by atoms with van der Waals surface area (Å²) in [4.78, 5) is 12.8. The quantitative estimate of drug-likeness (QED) is 0.658. The van der Waals surface area contributed by atoms with Crippen molar-refractivity contribution in [2.24, 2.45) is 0 Å². The number of carbonyl (C=O) groups is 1. The van der Waals surface area contributed by atoms with E-state index < -0.39 is 6.10 Å². The van der Waals surface area contributed by atoms with Gasteiger partial charge in [-0.3, -0.25) is 4.79 Å². The number of hydrogen-bond donors (Lipinski definition) is 1. The molecule has 1 unspecified atom stereocenters. The SMILES string of the molecule is CCC(Oc1cccc(Cl)c1)C(=O)Nc1ccc2c3c(cccc13)CC2. The van der Waals surface area contributed by atoms with E-state index in [1.165, 1.54) is 16.5 Å². The molecule has 3 aromatic carbocycles. The summed E-state index contributed by atoms with van der Waals surface area (Å²) < 4.78 is 5.85. The summed E-state index contributed by atoms with van der Waals surface area (Å²) in [6.45, 7) is 1.93. The van der Waals surface area contributed by atoms with E-state index in [1.54, 1.807) is 18.2 Å². The first-order chi connectivity index (χ1) is 12.7. The highest BCUT2D eigenvalue weighted by atomic mass is 35.5. The van der Waals surface area contributed by atoms with Gasteiger partial charge in [0.1, 0.15) is 5.75 Å². The van der Waals surface area contributed by atoms with E-state index in [0.29, 0.717) is 17.2 Å². The first kappa shape index (κ1) is 16.9. The number of nitrogens with one attached hydrogen (secondary N) is 1. The van der Waals surface area contributed by atoms with E-state index >= 15 is 0 Å². The molecular formula is C22H20ClNO2. The monoisotopic (exact) mass is 365 g/mol. The predicted molar refractivity (Wildman–Crippen MR) is 106 cm³/mol. The van der Waals surface area contributed by atoms with Gasteiger partial charge in [0.2, 0.25) is 0 Å². The Morgan fingerprint density at radius 2 is 1.88 bits per heavy atom. The summed E-state index contributed by atoms with van der Waals surface area (Å²) in [5.74, 6) is 0.450. The van der Waals surface area contributed by atoms with Crippen LogP contribution in [0.3, 0.4) is 0 Å². The first-order valence-electron chi connectivity index (χ1n) is 8.92. The van der Waals surface area contributed by atoms with Crippen molar-refractivity contribution in [2.45, 2.75) is 32.3 Å². The number of halogens is 1. The van der Waals surface area contributed by atoms with Crippen molar-refractivity contribution in [3.05, 3.63) is 70.7 Å². The zero-order valence-electron chi connectivity index (χ0n) is 14.6. The molecule has 1 N–H and O–H groups in total. The molecule has 0 bridgehead atoms. The Labute approximate surface area is 157 Å². The number of rotatable bonds is 5. The number of aryl methyl sites for hydroxylation is 2. The van der Waals surface area contributed by atoms with E-state index in [2.05, 4.69) is 29.6 Å². The Hall–Kier alpha value is -2.52. The molecule has 0 aliphatic heterocycles. The zero-order chi connectivity index (χ0) is 18.1. The minimum absolute atomic E-state index is 0.147. The minimum Gasteiger partial charge on any atom is -0.481 e. The van der Waals surface area contributed by atoms with Crippen LogP contribution in [0.1, 0.15) is 24.5 Å². The Balaban J connectivity index is 1.58. The number of amides is 1. The number of anilines is 1. The molecule has 0 spiro atoms. The number of benzene rings is 3. The average molecular weight is 366 g/mol. The van der Waals surface area contributed by atoms with Crippen LogP contribution in [-0.4, -0.2) is 12.0 Å². The topological polar surface area (TPSA) is 38.3 Å². The van der Waals surface area contributed by atoms with Gasteiger partial charge >= 0.3 is 0 Å². The van der Waals surface area contributed by atoms with E-state index in [1.807, 2.05) is 19.1 Å². The Morgan fingerprint density at radius 3 is 2.65 bits per heavy atom. The van der Waals surface area contributed by atoms with Crippen LogP contribution < -0.4 is 10.1 Å². The summed E-state index contributed by atoms with van der Waals surface area (Å²) in [6, 6.07) is 17.5. The molecule has 4 rings (SSSR count). The highest BCUT2D eigenvalue weighted by molar-refractivity contribution is 6.30. The van der Waals surface area contributed by atoms with Crippen molar-refractivity contribution >= 4 is 34.0 Å². The van der Waals surface area contributed by atoms with Crippen molar-refractivity contribution in [1.29, 1.82) is 0 Å². The van der Waals surface area contributed by atoms with E-state index in [-0.39, 0.29) is 5.91 Å². The number of carbonyl (C=O) groups excluding carboxylic acids is 1. The molecule has 0 saturated carbocycles. The standard InChI is InChI=1S/C22H20ClNO2/c1-2-20(26-17-7-4-6-16(23)13-17)22(25)24-19-12-11-15-10-9-14-5-3-8-18(19)21(14)15/h3-8,11-13,20H,2,9-10H2,1H3,(H,24,25). The van der Waals surface area contributed by atoms with Crippen LogP contribution in [-0.2, 0) is 17.6 Å². The third-order valence-corrected chi connectivity index (χ3v) is 5.11. The van der Waals surface area contributed by atoms with Crippen molar-refractivity contribution in [3.8, 4) is 5.75 Å². The summed E-state index contributed by atoms with van der Waals surface area (Å²) >= 11 is 6.00. The summed E-state index contributed by atoms with van der Waals surface area (Å²) in [5.41, 5.74) is 3.55. The molecule has 0 saturated heterocycles. The van der Waals surface area contributed by atoms with Crippen LogP contribution in [0, 0.1) is 0 Å². The van der Waals surface area contributed by atoms with Crippen LogP contribution in [0.2, 0.25) is 5.02 Å². The van der Waals surface area contributed by atoms with Crippen molar-refractivity contribution in [1.82, 2.24) is 0 Å². The molecule has 3 nitrogen and oxygen atoms in total. The predicted octanol–water partition coefficient (Wildman–Crippen LogP) is 5.39. The molecule has 1 aliphatic carbocycles. The second-order valence-corrected chi connectivity index (χ2v) is 7.01. The fourth-order valence-electron chi connectivity index (χ4n) is 3.60. The lowest BCUT2D eigenvalue weighted by atomic mass is 10.0. The van der Waals surface area contributed by atoms with Gasteiger partial charge in [-0.05, 0) is 60.0 Å². The minimum atomic E-state index is -0.573. The van der Waals surface area contributed by atoms with E-state index in [0.717, 1.165) is 23.9 Å². The van der Waals surface area contributed by atoms with E-state index in [4.69, 9.17) is 16.3 Å². The van der Waals surface area contributed by atoms with Crippen LogP contribution in [0.25, 0.3) is 10.8 Å². The van der Waals surface area contributed by atoms with Crippen LogP contribution in [0.5, 0.6) is 5.75 Å². The lowest BCUT2D eigenvalue weighted by molar-refractivity contribution is -0.122. The van der Waals surface area contributed by atoms with Gasteiger partial charge in [0.05, 0.1) is 0 Å². The fraction of sp³-hybridized carbons (Fsp3) is 0.227. The molecule has 1 amide bonds. The smallest absolute Gasteiger partial charge is 0.265 e. The van der Waals surface area contributed by atoms with E-state index in [9.17, 15) is 4.79 Å². The number of ether oxygens (including phenoxy) is 1. The molecule has 132 valence electrons. The molecular weight excluding hydrogens is 346 g/mol. The maximum atomic E-state index is 12.8. The largest absolute Gasteiger partial charge is 0.481 e. The van der Waals surface area contributed by atoms with Gasteiger partial charge in [-0.25, -0.2) is 0 Å². The maximum absolute atomic E-state index is 12.8. The molecule has 3 aromatic rings. The second kappa shape index (κ2) is 7.00. The van der Waals surface area contributed by atoms with Crippen molar-refractivity contribution in [3.63, 3.8) is 0 Å². The highest BCUT2D eigenvalue weighted by Crippen LogP contribution is 2.35. The fourth-order valence-corrected chi connectivity index (χ4v) is 3.78. The van der Waals surface area contributed by atoms with Crippen molar-refractivity contribution in [2.75, 3.05) is 5.32 Å². The Morgan fingerprint density at radius 1 is 1.12 bits per heavy atom. The van der Waals surface area contributed by atoms with Crippen LogP contribution in [0.15, 0.2) is 54.6 Å². The van der Waals surface area contributed by atoms with Crippen LogP contribution >= 0.6 is 11.6 Å². The zero-order valence-corrected chi connectivity index (χ0v) is 15.3. The first-order valence-corrected chi connectivity index (χ1v) is 9.30. The summed E-state index contributed by atoms with van der Waals surface area (Å²) in [7, 11) is 0. The highest BCUT2D eigenvalue weighted by Gasteiger charge is 2.21. The van der Waals surface area contributed by atoms with Gasteiger partial charge in [-0.15, -0.1) is 0 Å². The van der Waals surface area contributed by atoms with Gasteiger partial charge in [-0.2, -0.15) is 0 Å². The van der Waals surface area contributed by atoms with Gasteiger partial charge in [0, 0.05) is 16.1 Å².